The summed E-state index contributed by atoms with van der Waals surface area (Å²) in [5.41, 5.74) is 4.64. The Kier molecular flexibility index (Phi) is 6.81. The van der Waals surface area contributed by atoms with Crippen molar-refractivity contribution < 1.29 is 14.8 Å². The Morgan fingerprint density at radius 1 is 1.16 bits per heavy atom. The zero-order chi connectivity index (χ0) is 22.5. The van der Waals surface area contributed by atoms with Gasteiger partial charge in [-0.3, -0.25) is 9.59 Å². The summed E-state index contributed by atoms with van der Waals surface area (Å²) in [5.74, 6) is -0.251. The molecular weight excluding hydrogens is 394 g/mol. The highest BCUT2D eigenvalue weighted by atomic mass is 16.3. The second-order valence-electron chi connectivity index (χ2n) is 7.44. The molecule has 3 N–H and O–H groups in total. The van der Waals surface area contributed by atoms with Crippen molar-refractivity contribution in [2.24, 2.45) is 12.1 Å². The van der Waals surface area contributed by atoms with Crippen LogP contribution in [0.25, 0.3) is 10.8 Å². The van der Waals surface area contributed by atoms with Crippen LogP contribution in [0.3, 0.4) is 0 Å². The standard InChI is InChI=1S/C23H27N5O3/c1-5-28(6-2)14-17-13-16(11-12-20(17)29)15(3)24-25-22(30)21-18-9-7-8-10-19(18)23(31)27(4)26-21/h7-13,29H,5-6,14H2,1-4H3,(H,25,30)/p+1/b24-15+. The van der Waals surface area contributed by atoms with E-state index in [0.29, 0.717) is 23.0 Å². The van der Waals surface area contributed by atoms with Crippen LogP contribution in [-0.2, 0) is 13.6 Å². The number of aryl methyl sites for hydroxylation is 1. The molecule has 3 aromatic rings. The first kappa shape index (κ1) is 22.2. The van der Waals surface area contributed by atoms with Crippen molar-refractivity contribution in [3.63, 3.8) is 0 Å². The fourth-order valence-electron chi connectivity index (χ4n) is 3.44. The number of fused-ring (bicyclic) bond motifs is 1. The Labute approximate surface area is 180 Å². The molecule has 1 amide bonds. The molecule has 8 nitrogen and oxygen atoms in total. The molecule has 2 aromatic carbocycles. The van der Waals surface area contributed by atoms with Gasteiger partial charge in [-0.25, -0.2) is 10.1 Å². The molecule has 8 heteroatoms. The summed E-state index contributed by atoms with van der Waals surface area (Å²) in [4.78, 5) is 26.4. The molecule has 0 atom stereocenters. The average molecular weight is 423 g/mol. The molecule has 0 aliphatic rings. The molecule has 0 saturated heterocycles. The number of hydrogen-bond acceptors (Lipinski definition) is 5. The number of carbonyl (C=O) groups excluding carboxylic acids is 1. The first-order chi connectivity index (χ1) is 14.8. The van der Waals surface area contributed by atoms with Crippen molar-refractivity contribution in [3.05, 3.63) is 69.6 Å². The molecule has 0 aliphatic carbocycles. The summed E-state index contributed by atoms with van der Waals surface area (Å²) >= 11 is 0. The molecular formula is C23H28N5O3+. The molecule has 0 fully saturated rings. The maximum Gasteiger partial charge on any atom is 0.292 e. The molecule has 162 valence electrons. The van der Waals surface area contributed by atoms with Crippen LogP contribution in [0, 0.1) is 0 Å². The van der Waals surface area contributed by atoms with E-state index in [4.69, 9.17) is 0 Å². The van der Waals surface area contributed by atoms with Gasteiger partial charge in [0, 0.05) is 18.0 Å². The predicted octanol–water partition coefficient (Wildman–Crippen LogP) is 1.22. The van der Waals surface area contributed by atoms with Crippen molar-refractivity contribution in [2.45, 2.75) is 27.3 Å². The van der Waals surface area contributed by atoms with Crippen LogP contribution in [0.2, 0.25) is 0 Å². The fraction of sp³-hybridized carbons (Fsp3) is 0.304. The number of aromatic nitrogens is 2. The van der Waals surface area contributed by atoms with Gasteiger partial charge in [-0.2, -0.15) is 10.2 Å². The largest absolute Gasteiger partial charge is 0.507 e. The minimum absolute atomic E-state index is 0.130. The highest BCUT2D eigenvalue weighted by Gasteiger charge is 2.16. The Morgan fingerprint density at radius 3 is 2.52 bits per heavy atom. The Morgan fingerprint density at radius 2 is 1.84 bits per heavy atom. The smallest absolute Gasteiger partial charge is 0.292 e. The predicted molar refractivity (Wildman–Crippen MR) is 121 cm³/mol. The number of aromatic hydroxyl groups is 1. The summed E-state index contributed by atoms with van der Waals surface area (Å²) < 4.78 is 1.15. The van der Waals surface area contributed by atoms with Crippen molar-refractivity contribution >= 4 is 22.4 Å². The first-order valence-electron chi connectivity index (χ1n) is 10.3. The van der Waals surface area contributed by atoms with Crippen molar-refractivity contribution in [1.82, 2.24) is 15.2 Å². The monoisotopic (exact) mass is 422 g/mol. The van der Waals surface area contributed by atoms with Crippen LogP contribution >= 0.6 is 0 Å². The van der Waals surface area contributed by atoms with Gasteiger partial charge in [0.25, 0.3) is 11.5 Å². The van der Waals surface area contributed by atoms with Crippen LogP contribution in [0.1, 0.15) is 42.4 Å². The number of benzene rings is 2. The third kappa shape index (κ3) is 4.80. The Hall–Kier alpha value is -3.52. The van der Waals surface area contributed by atoms with Gasteiger partial charge in [0.15, 0.2) is 5.69 Å². The lowest BCUT2D eigenvalue weighted by Gasteiger charge is -2.16. The van der Waals surface area contributed by atoms with Gasteiger partial charge in [-0.1, -0.05) is 18.2 Å². The lowest BCUT2D eigenvalue weighted by Crippen LogP contribution is -3.10. The summed E-state index contributed by atoms with van der Waals surface area (Å²) in [6, 6.07) is 12.2. The van der Waals surface area contributed by atoms with E-state index in [2.05, 4.69) is 29.5 Å². The molecule has 1 heterocycles. The number of nitrogens with one attached hydrogen (secondary N) is 2. The fourth-order valence-corrected chi connectivity index (χ4v) is 3.44. The molecule has 0 radical (unpaired) electrons. The third-order valence-electron chi connectivity index (χ3n) is 5.43. The quantitative estimate of drug-likeness (QED) is 0.394. The molecule has 0 bridgehead atoms. The van der Waals surface area contributed by atoms with Gasteiger partial charge in [0.2, 0.25) is 0 Å². The first-order valence-corrected chi connectivity index (χ1v) is 10.3. The molecule has 3 rings (SSSR count). The SMILES string of the molecule is CC[NH+](CC)Cc1cc(/C(C)=N/NC(=O)c2nn(C)c(=O)c3ccccc23)ccc1O. The number of carbonyl (C=O) groups is 1. The minimum Gasteiger partial charge on any atom is -0.507 e. The van der Waals surface area contributed by atoms with Gasteiger partial charge in [0.1, 0.15) is 12.3 Å². The number of quaternary nitrogens is 1. The lowest BCUT2D eigenvalue weighted by molar-refractivity contribution is -0.910. The van der Waals surface area contributed by atoms with E-state index in [9.17, 15) is 14.7 Å². The second-order valence-corrected chi connectivity index (χ2v) is 7.44. The van der Waals surface area contributed by atoms with E-state index in [-0.39, 0.29) is 17.0 Å². The Balaban J connectivity index is 1.86. The van der Waals surface area contributed by atoms with Gasteiger partial charge < -0.3 is 10.0 Å². The van der Waals surface area contributed by atoms with Gasteiger partial charge in [-0.15, -0.1) is 0 Å². The van der Waals surface area contributed by atoms with E-state index in [1.165, 1.54) is 11.9 Å². The van der Waals surface area contributed by atoms with Crippen LogP contribution in [0.4, 0.5) is 0 Å². The minimum atomic E-state index is -0.502. The molecule has 0 spiro atoms. The normalized spacial score (nSPS) is 11.8. The van der Waals surface area contributed by atoms with E-state index < -0.39 is 5.91 Å². The van der Waals surface area contributed by atoms with E-state index in [0.717, 1.165) is 28.9 Å². The zero-order valence-corrected chi connectivity index (χ0v) is 18.3. The van der Waals surface area contributed by atoms with Gasteiger partial charge >= 0.3 is 0 Å². The van der Waals surface area contributed by atoms with Crippen LogP contribution < -0.4 is 15.9 Å². The highest BCUT2D eigenvalue weighted by Crippen LogP contribution is 2.18. The van der Waals surface area contributed by atoms with Crippen LogP contribution in [-0.4, -0.2) is 39.6 Å². The second kappa shape index (κ2) is 9.53. The zero-order valence-electron chi connectivity index (χ0n) is 18.3. The van der Waals surface area contributed by atoms with Gasteiger partial charge in [0.05, 0.1) is 24.2 Å². The number of phenolic OH excluding ortho intramolecular Hbond substituents is 1. The number of hydrazone groups is 1. The summed E-state index contributed by atoms with van der Waals surface area (Å²) in [5, 5.41) is 19.5. The van der Waals surface area contributed by atoms with E-state index in [1.54, 1.807) is 43.3 Å². The number of amides is 1. The van der Waals surface area contributed by atoms with Crippen LogP contribution in [0.5, 0.6) is 5.75 Å². The number of nitrogens with zero attached hydrogens (tertiary/aromatic N) is 3. The van der Waals surface area contributed by atoms with Crippen molar-refractivity contribution in [1.29, 1.82) is 0 Å². The number of phenols is 1. The molecule has 0 aliphatic heterocycles. The number of hydrogen-bond donors (Lipinski definition) is 3. The third-order valence-corrected chi connectivity index (χ3v) is 5.43. The van der Waals surface area contributed by atoms with Crippen molar-refractivity contribution in [3.8, 4) is 5.75 Å². The topological polar surface area (TPSA) is 101 Å². The molecule has 0 unspecified atom stereocenters. The Bertz CT molecular complexity index is 1200. The van der Waals surface area contributed by atoms with E-state index in [1.807, 2.05) is 6.07 Å². The average Bonchev–Trinajstić information content (AvgIpc) is 2.79. The summed E-state index contributed by atoms with van der Waals surface area (Å²) in [7, 11) is 1.51. The van der Waals surface area contributed by atoms with Gasteiger partial charge in [-0.05, 0) is 50.6 Å². The molecule has 1 aromatic heterocycles. The molecule has 31 heavy (non-hydrogen) atoms. The maximum absolute atomic E-state index is 12.8. The summed E-state index contributed by atoms with van der Waals surface area (Å²) in [6.07, 6.45) is 0. The van der Waals surface area contributed by atoms with Crippen LogP contribution in [0.15, 0.2) is 52.4 Å². The maximum atomic E-state index is 12.8. The highest BCUT2D eigenvalue weighted by molar-refractivity contribution is 6.06. The van der Waals surface area contributed by atoms with Crippen molar-refractivity contribution in [2.75, 3.05) is 13.1 Å². The number of rotatable bonds is 7. The molecule has 0 saturated carbocycles. The summed E-state index contributed by atoms with van der Waals surface area (Å²) in [6.45, 7) is 8.64. The van der Waals surface area contributed by atoms with E-state index >= 15 is 0 Å². The lowest BCUT2D eigenvalue weighted by atomic mass is 10.1.